The molecule has 0 radical (unpaired) electrons. The fourth-order valence-corrected chi connectivity index (χ4v) is 2.76. The van der Waals surface area contributed by atoms with Crippen LogP contribution in [0.5, 0.6) is 0 Å². The van der Waals surface area contributed by atoms with Gasteiger partial charge in [-0.1, -0.05) is 19.4 Å². The second kappa shape index (κ2) is 6.68. The molecule has 2 heterocycles. The van der Waals surface area contributed by atoms with Gasteiger partial charge in [0.1, 0.15) is 0 Å². The van der Waals surface area contributed by atoms with Gasteiger partial charge in [-0.05, 0) is 24.8 Å². The molecule has 19 heavy (non-hydrogen) atoms. The molecule has 104 valence electrons. The minimum atomic E-state index is -0.285. The molecule has 3 N–H and O–H groups in total. The van der Waals surface area contributed by atoms with Crippen LogP contribution < -0.4 is 16.1 Å². The summed E-state index contributed by atoms with van der Waals surface area (Å²) in [6, 6.07) is 4.25. The minimum Gasteiger partial charge on any atom is -0.322 e. The normalized spacial score (nSPS) is 24.1. The average Bonchev–Trinajstić information content (AvgIpc) is 2.89. The topological polar surface area (TPSA) is 65.5 Å². The van der Waals surface area contributed by atoms with Crippen LogP contribution in [0.15, 0.2) is 22.6 Å². The Morgan fingerprint density at radius 3 is 3.16 bits per heavy atom. The zero-order valence-electron chi connectivity index (χ0n) is 11.3. The first-order valence-electron chi connectivity index (χ1n) is 6.58. The third kappa shape index (κ3) is 4.04. The van der Waals surface area contributed by atoms with E-state index < -0.39 is 0 Å². The predicted octanol–water partition coefficient (Wildman–Crippen LogP) is 1.62. The molecule has 0 aliphatic carbocycles. The minimum absolute atomic E-state index is 0.0682. The van der Waals surface area contributed by atoms with Crippen molar-refractivity contribution in [1.82, 2.24) is 16.1 Å². The lowest BCUT2D eigenvalue weighted by Crippen LogP contribution is -2.61. The fourth-order valence-electron chi connectivity index (χ4n) is 2.08. The van der Waals surface area contributed by atoms with E-state index in [4.69, 9.17) is 0 Å². The zero-order chi connectivity index (χ0) is 13.7. The lowest BCUT2D eigenvalue weighted by atomic mass is 10.1. The highest BCUT2D eigenvalue weighted by molar-refractivity contribution is 7.12. The summed E-state index contributed by atoms with van der Waals surface area (Å²) in [6.07, 6.45) is 2.32. The molecule has 2 rings (SSSR count). The number of amides is 1. The molecular formula is C13H20N4OS. The molecule has 1 amide bonds. The highest BCUT2D eigenvalue weighted by Crippen LogP contribution is 2.10. The second-order valence-electron chi connectivity index (χ2n) is 4.66. The maximum absolute atomic E-state index is 11.6. The molecule has 1 aliphatic rings. The van der Waals surface area contributed by atoms with Gasteiger partial charge in [-0.25, -0.2) is 0 Å². The molecule has 1 aromatic heterocycles. The molecule has 1 aliphatic heterocycles. The molecular weight excluding hydrogens is 260 g/mol. The highest BCUT2D eigenvalue weighted by atomic mass is 32.1. The number of hydrogen-bond acceptors (Lipinski definition) is 5. The van der Waals surface area contributed by atoms with Crippen molar-refractivity contribution in [2.24, 2.45) is 5.10 Å². The number of hydrazone groups is 1. The Morgan fingerprint density at radius 1 is 1.63 bits per heavy atom. The number of hydrogen-bond donors (Lipinski definition) is 3. The maximum atomic E-state index is 11.6. The van der Waals surface area contributed by atoms with Gasteiger partial charge in [-0.3, -0.25) is 15.5 Å². The van der Waals surface area contributed by atoms with Crippen molar-refractivity contribution in [3.63, 3.8) is 0 Å². The fraction of sp³-hybridized carbons (Fsp3) is 0.538. The largest absolute Gasteiger partial charge is 0.322 e. The first-order valence-corrected chi connectivity index (χ1v) is 7.46. The molecule has 1 aromatic rings. The number of carbonyl (C=O) groups excluding carboxylic acids is 1. The Hall–Kier alpha value is -1.40. The van der Waals surface area contributed by atoms with Crippen LogP contribution in [0.4, 0.5) is 0 Å². The van der Waals surface area contributed by atoms with E-state index in [0.717, 1.165) is 23.4 Å². The first kappa shape index (κ1) is 14.0. The van der Waals surface area contributed by atoms with Gasteiger partial charge in [-0.15, -0.1) is 11.3 Å². The van der Waals surface area contributed by atoms with Crippen LogP contribution in [-0.2, 0) is 4.79 Å². The number of rotatable bonds is 5. The van der Waals surface area contributed by atoms with Crippen molar-refractivity contribution in [1.29, 1.82) is 0 Å². The summed E-state index contributed by atoms with van der Waals surface area (Å²) >= 11 is 1.65. The van der Waals surface area contributed by atoms with E-state index in [2.05, 4.69) is 28.1 Å². The van der Waals surface area contributed by atoms with Crippen LogP contribution in [0.3, 0.4) is 0 Å². The molecule has 0 aromatic carbocycles. The lowest BCUT2D eigenvalue weighted by Gasteiger charge is -2.31. The Labute approximate surface area is 117 Å². The molecule has 2 unspecified atom stereocenters. The summed E-state index contributed by atoms with van der Waals surface area (Å²) in [5.74, 6) is 0.0682. The Bertz CT molecular complexity index is 444. The van der Waals surface area contributed by atoms with Gasteiger partial charge in [0.25, 0.3) is 0 Å². The monoisotopic (exact) mass is 280 g/mol. The van der Waals surface area contributed by atoms with E-state index in [1.807, 2.05) is 24.4 Å². The van der Waals surface area contributed by atoms with Crippen LogP contribution in [-0.4, -0.2) is 24.0 Å². The van der Waals surface area contributed by atoms with E-state index in [1.54, 1.807) is 11.3 Å². The van der Waals surface area contributed by atoms with Crippen molar-refractivity contribution in [3.05, 3.63) is 22.4 Å². The highest BCUT2D eigenvalue weighted by Gasteiger charge is 2.24. The SMILES string of the molecule is CCCC1CC(=O)NC(N/N=C(/C)c2cccs2)N1. The van der Waals surface area contributed by atoms with Gasteiger partial charge in [0.2, 0.25) is 5.91 Å². The van der Waals surface area contributed by atoms with Crippen molar-refractivity contribution >= 4 is 23.0 Å². The van der Waals surface area contributed by atoms with Crippen molar-refractivity contribution in [3.8, 4) is 0 Å². The van der Waals surface area contributed by atoms with E-state index in [-0.39, 0.29) is 18.2 Å². The van der Waals surface area contributed by atoms with Crippen LogP contribution >= 0.6 is 11.3 Å². The predicted molar refractivity (Wildman–Crippen MR) is 78.0 cm³/mol. The van der Waals surface area contributed by atoms with Crippen molar-refractivity contribution < 1.29 is 4.79 Å². The van der Waals surface area contributed by atoms with E-state index in [1.165, 1.54) is 0 Å². The molecule has 0 saturated carbocycles. The van der Waals surface area contributed by atoms with Gasteiger partial charge in [0.05, 0.1) is 5.71 Å². The van der Waals surface area contributed by atoms with Gasteiger partial charge < -0.3 is 5.32 Å². The molecule has 1 saturated heterocycles. The summed E-state index contributed by atoms with van der Waals surface area (Å²) in [5, 5.41) is 12.5. The van der Waals surface area contributed by atoms with E-state index >= 15 is 0 Å². The Balaban J connectivity index is 1.91. The van der Waals surface area contributed by atoms with Crippen molar-refractivity contribution in [2.45, 2.75) is 45.4 Å². The van der Waals surface area contributed by atoms with Gasteiger partial charge >= 0.3 is 0 Å². The third-order valence-corrected chi connectivity index (χ3v) is 3.99. The van der Waals surface area contributed by atoms with E-state index in [9.17, 15) is 4.79 Å². The molecule has 2 atom stereocenters. The Morgan fingerprint density at radius 2 is 2.47 bits per heavy atom. The first-order chi connectivity index (χ1) is 9.19. The quantitative estimate of drug-likeness (QED) is 0.567. The third-order valence-electron chi connectivity index (χ3n) is 3.02. The number of nitrogens with one attached hydrogen (secondary N) is 3. The lowest BCUT2D eigenvalue weighted by molar-refractivity contribution is -0.124. The molecule has 0 spiro atoms. The van der Waals surface area contributed by atoms with Crippen LogP contribution in [0.1, 0.15) is 38.0 Å². The van der Waals surface area contributed by atoms with Crippen LogP contribution in [0.2, 0.25) is 0 Å². The zero-order valence-corrected chi connectivity index (χ0v) is 12.1. The summed E-state index contributed by atoms with van der Waals surface area (Å²) in [6.45, 7) is 4.07. The standard InChI is InChI=1S/C13H20N4OS/c1-3-5-10-8-12(18)15-13(14-10)17-16-9(2)11-6-4-7-19-11/h4,6-7,10,13-14,17H,3,5,8H2,1-2H3,(H,15,18)/b16-9-. The average molecular weight is 280 g/mol. The summed E-state index contributed by atoms with van der Waals surface area (Å²) in [4.78, 5) is 12.7. The maximum Gasteiger partial charge on any atom is 0.224 e. The summed E-state index contributed by atoms with van der Waals surface area (Å²) in [7, 11) is 0. The summed E-state index contributed by atoms with van der Waals surface area (Å²) < 4.78 is 0. The molecule has 1 fully saturated rings. The second-order valence-corrected chi connectivity index (χ2v) is 5.61. The van der Waals surface area contributed by atoms with Crippen LogP contribution in [0, 0.1) is 0 Å². The number of carbonyl (C=O) groups is 1. The smallest absolute Gasteiger partial charge is 0.224 e. The van der Waals surface area contributed by atoms with Gasteiger partial charge in [-0.2, -0.15) is 5.10 Å². The number of thiophene rings is 1. The van der Waals surface area contributed by atoms with Gasteiger partial charge in [0.15, 0.2) is 6.29 Å². The molecule has 6 heteroatoms. The summed E-state index contributed by atoms with van der Waals surface area (Å²) in [5.41, 5.74) is 3.90. The van der Waals surface area contributed by atoms with Gasteiger partial charge in [0, 0.05) is 17.3 Å². The van der Waals surface area contributed by atoms with E-state index in [0.29, 0.717) is 6.42 Å². The van der Waals surface area contributed by atoms with Crippen molar-refractivity contribution in [2.75, 3.05) is 0 Å². The molecule has 5 nitrogen and oxygen atoms in total. The number of nitrogens with zero attached hydrogens (tertiary/aromatic N) is 1. The van der Waals surface area contributed by atoms with Crippen LogP contribution in [0.25, 0.3) is 0 Å². The Kier molecular flexibility index (Phi) is 4.93. The molecule has 0 bridgehead atoms.